The Morgan fingerprint density at radius 1 is 1.14 bits per heavy atom. The summed E-state index contributed by atoms with van der Waals surface area (Å²) in [5.74, 6) is 0.393. The fourth-order valence-corrected chi connectivity index (χ4v) is 1.54. The van der Waals surface area contributed by atoms with Crippen LogP contribution in [0.2, 0.25) is 0 Å². The molecule has 0 aromatic heterocycles. The van der Waals surface area contributed by atoms with E-state index in [4.69, 9.17) is 10.5 Å². The van der Waals surface area contributed by atoms with Crippen LogP contribution in [0.5, 0.6) is 5.75 Å². The fraction of sp³-hybridized carbons (Fsp3) is 0.429. The summed E-state index contributed by atoms with van der Waals surface area (Å²) < 4.78 is 5.05. The van der Waals surface area contributed by atoms with E-state index >= 15 is 0 Å². The third-order valence-electron chi connectivity index (χ3n) is 2.70. The molecular weight excluding hydrogens is 294 g/mol. The lowest BCUT2D eigenvalue weighted by molar-refractivity contribution is -0.126. The molecule has 0 aliphatic carbocycles. The lowest BCUT2D eigenvalue weighted by Gasteiger charge is -2.07. The Kier molecular flexibility index (Phi) is 10.0. The van der Waals surface area contributed by atoms with Crippen molar-refractivity contribution in [3.63, 3.8) is 0 Å². The second kappa shape index (κ2) is 10.9. The van der Waals surface area contributed by atoms with Crippen LogP contribution in [-0.2, 0) is 16.1 Å². The molecule has 1 aromatic carbocycles. The van der Waals surface area contributed by atoms with Crippen LogP contribution in [0.15, 0.2) is 24.3 Å². The average molecular weight is 316 g/mol. The van der Waals surface area contributed by atoms with Crippen LogP contribution in [0, 0.1) is 0 Å². The molecule has 0 spiro atoms. The summed E-state index contributed by atoms with van der Waals surface area (Å²) in [6.45, 7) is 0.873. The lowest BCUT2D eigenvalue weighted by Crippen LogP contribution is -2.36. The minimum atomic E-state index is -0.220. The van der Waals surface area contributed by atoms with Gasteiger partial charge in [-0.3, -0.25) is 9.59 Å². The van der Waals surface area contributed by atoms with Crippen LogP contribution in [0.4, 0.5) is 0 Å². The molecule has 118 valence electrons. The van der Waals surface area contributed by atoms with E-state index in [1.54, 1.807) is 7.11 Å². The van der Waals surface area contributed by atoms with Crippen LogP contribution < -0.4 is 21.1 Å². The Hall–Kier alpha value is -1.79. The Labute approximate surface area is 130 Å². The molecule has 1 aromatic rings. The highest BCUT2D eigenvalue weighted by atomic mass is 35.5. The van der Waals surface area contributed by atoms with Crippen LogP contribution in [0.3, 0.4) is 0 Å². The maximum Gasteiger partial charge on any atom is 0.239 e. The largest absolute Gasteiger partial charge is 0.497 e. The van der Waals surface area contributed by atoms with E-state index in [-0.39, 0.29) is 30.8 Å². The van der Waals surface area contributed by atoms with E-state index in [1.807, 2.05) is 24.3 Å². The number of carbonyl (C=O) groups excluding carboxylic acids is 2. The highest BCUT2D eigenvalue weighted by molar-refractivity contribution is 5.85. The minimum absolute atomic E-state index is 0. The van der Waals surface area contributed by atoms with E-state index in [2.05, 4.69) is 10.6 Å². The van der Waals surface area contributed by atoms with Crippen molar-refractivity contribution >= 4 is 24.2 Å². The van der Waals surface area contributed by atoms with Crippen LogP contribution in [-0.4, -0.2) is 32.0 Å². The maximum atomic E-state index is 11.5. The van der Waals surface area contributed by atoms with Gasteiger partial charge in [0.1, 0.15) is 5.75 Å². The van der Waals surface area contributed by atoms with E-state index < -0.39 is 0 Å². The van der Waals surface area contributed by atoms with Gasteiger partial charge in [0.05, 0.1) is 13.7 Å². The quantitative estimate of drug-likeness (QED) is 0.654. The molecule has 4 N–H and O–H groups in total. The first-order valence-corrected chi connectivity index (χ1v) is 6.52. The molecule has 7 heteroatoms. The topological polar surface area (TPSA) is 93.5 Å². The molecule has 0 saturated heterocycles. The van der Waals surface area contributed by atoms with Gasteiger partial charge in [-0.05, 0) is 30.7 Å². The highest BCUT2D eigenvalue weighted by Crippen LogP contribution is 2.10. The van der Waals surface area contributed by atoms with Gasteiger partial charge < -0.3 is 21.1 Å². The van der Waals surface area contributed by atoms with E-state index in [9.17, 15) is 9.59 Å². The zero-order valence-corrected chi connectivity index (χ0v) is 12.9. The van der Waals surface area contributed by atoms with Gasteiger partial charge in [-0.15, -0.1) is 12.4 Å². The summed E-state index contributed by atoms with van der Waals surface area (Å²) in [6, 6.07) is 7.41. The number of amides is 2. The normalized spacial score (nSPS) is 9.43. The fourth-order valence-electron chi connectivity index (χ4n) is 1.54. The monoisotopic (exact) mass is 315 g/mol. The van der Waals surface area contributed by atoms with Crippen molar-refractivity contribution in [1.29, 1.82) is 0 Å². The minimum Gasteiger partial charge on any atom is -0.497 e. The molecule has 0 unspecified atom stereocenters. The molecule has 0 aliphatic heterocycles. The number of hydrogen-bond donors (Lipinski definition) is 3. The van der Waals surface area contributed by atoms with Crippen LogP contribution >= 0.6 is 12.4 Å². The SMILES string of the molecule is COc1ccc(CNC(=O)CNC(=O)CCCN)cc1.Cl. The summed E-state index contributed by atoms with van der Waals surface area (Å²) in [5, 5.41) is 5.27. The lowest BCUT2D eigenvalue weighted by atomic mass is 10.2. The first-order valence-electron chi connectivity index (χ1n) is 6.52. The molecule has 0 aliphatic rings. The van der Waals surface area contributed by atoms with Gasteiger partial charge >= 0.3 is 0 Å². The predicted octanol–water partition coefficient (Wildman–Crippen LogP) is 0.588. The molecule has 0 bridgehead atoms. The number of halogens is 1. The summed E-state index contributed by atoms with van der Waals surface area (Å²) in [7, 11) is 1.60. The van der Waals surface area contributed by atoms with Crippen molar-refractivity contribution in [3.05, 3.63) is 29.8 Å². The molecule has 0 fully saturated rings. The Morgan fingerprint density at radius 2 is 1.81 bits per heavy atom. The molecule has 0 saturated carbocycles. The second-order valence-corrected chi connectivity index (χ2v) is 4.29. The summed E-state index contributed by atoms with van der Waals surface area (Å²) >= 11 is 0. The van der Waals surface area contributed by atoms with Gasteiger partial charge in [0.25, 0.3) is 0 Å². The molecule has 6 nitrogen and oxygen atoms in total. The first kappa shape index (κ1) is 19.2. The predicted molar refractivity (Wildman–Crippen MR) is 83.4 cm³/mol. The van der Waals surface area contributed by atoms with Crippen molar-refractivity contribution in [1.82, 2.24) is 10.6 Å². The van der Waals surface area contributed by atoms with Gasteiger partial charge in [-0.2, -0.15) is 0 Å². The van der Waals surface area contributed by atoms with Crippen molar-refractivity contribution in [3.8, 4) is 5.75 Å². The Bertz CT molecular complexity index is 438. The number of methoxy groups -OCH3 is 1. The first-order chi connectivity index (χ1) is 9.65. The Balaban J connectivity index is 0.00000400. The van der Waals surface area contributed by atoms with Crippen molar-refractivity contribution in [2.24, 2.45) is 5.73 Å². The maximum absolute atomic E-state index is 11.5. The summed E-state index contributed by atoms with van der Waals surface area (Å²) in [5.41, 5.74) is 6.26. The number of benzene rings is 1. The number of hydrogen-bond acceptors (Lipinski definition) is 4. The number of carbonyl (C=O) groups is 2. The van der Waals surface area contributed by atoms with E-state index in [1.165, 1.54) is 0 Å². The average Bonchev–Trinajstić information content (AvgIpc) is 2.49. The van der Waals surface area contributed by atoms with Crippen LogP contribution in [0.25, 0.3) is 0 Å². The number of nitrogens with two attached hydrogens (primary N) is 1. The van der Waals surface area contributed by atoms with Gasteiger partial charge in [-0.1, -0.05) is 12.1 Å². The number of ether oxygens (including phenoxy) is 1. The summed E-state index contributed by atoms with van der Waals surface area (Å²) in [6.07, 6.45) is 0.974. The zero-order chi connectivity index (χ0) is 14.8. The number of rotatable bonds is 8. The zero-order valence-electron chi connectivity index (χ0n) is 12.1. The van der Waals surface area contributed by atoms with Gasteiger partial charge in [-0.25, -0.2) is 0 Å². The van der Waals surface area contributed by atoms with Crippen molar-refractivity contribution < 1.29 is 14.3 Å². The molecular formula is C14H22ClN3O3. The molecule has 0 atom stereocenters. The Morgan fingerprint density at radius 3 is 2.38 bits per heavy atom. The summed E-state index contributed by atoms with van der Waals surface area (Å²) in [4.78, 5) is 22.8. The van der Waals surface area contributed by atoms with Crippen LogP contribution in [0.1, 0.15) is 18.4 Å². The van der Waals surface area contributed by atoms with Crippen molar-refractivity contribution in [2.75, 3.05) is 20.2 Å². The van der Waals surface area contributed by atoms with Gasteiger partial charge in [0.15, 0.2) is 0 Å². The molecule has 1 rings (SSSR count). The van der Waals surface area contributed by atoms with Gasteiger partial charge in [0, 0.05) is 13.0 Å². The van der Waals surface area contributed by atoms with Gasteiger partial charge in [0.2, 0.25) is 11.8 Å². The third kappa shape index (κ3) is 8.16. The molecule has 0 heterocycles. The second-order valence-electron chi connectivity index (χ2n) is 4.29. The third-order valence-corrected chi connectivity index (χ3v) is 2.70. The van der Waals surface area contributed by atoms with E-state index in [0.29, 0.717) is 25.9 Å². The molecule has 0 radical (unpaired) electrons. The standard InChI is InChI=1S/C14H21N3O3.ClH/c1-20-12-6-4-11(5-7-12)9-16-14(19)10-17-13(18)3-2-8-15;/h4-7H,2-3,8-10,15H2,1H3,(H,16,19)(H,17,18);1H. The molecule has 21 heavy (non-hydrogen) atoms. The van der Waals surface area contributed by atoms with Crippen molar-refractivity contribution in [2.45, 2.75) is 19.4 Å². The smallest absolute Gasteiger partial charge is 0.239 e. The number of nitrogens with one attached hydrogen (secondary N) is 2. The highest BCUT2D eigenvalue weighted by Gasteiger charge is 2.05. The van der Waals surface area contributed by atoms with E-state index in [0.717, 1.165) is 11.3 Å². The molecule has 2 amide bonds.